The summed E-state index contributed by atoms with van der Waals surface area (Å²) >= 11 is 0. The molecule has 1 aromatic heterocycles. The van der Waals surface area contributed by atoms with Crippen LogP contribution >= 0.6 is 0 Å². The van der Waals surface area contributed by atoms with Crippen molar-refractivity contribution in [3.63, 3.8) is 0 Å². The van der Waals surface area contributed by atoms with Gasteiger partial charge in [0.15, 0.2) is 18.5 Å². The van der Waals surface area contributed by atoms with Crippen molar-refractivity contribution < 1.29 is 38.8 Å². The van der Waals surface area contributed by atoms with Crippen molar-refractivity contribution >= 4 is 17.9 Å². The number of nitrogens with zero attached hydrogens (tertiary/aromatic N) is 2. The third-order valence-corrected chi connectivity index (χ3v) is 5.22. The molecule has 180 valence electrons. The minimum atomic E-state index is -1.57. The maximum absolute atomic E-state index is 11.2. The number of carboxylic acids is 2. The molecule has 0 spiro atoms. The van der Waals surface area contributed by atoms with Gasteiger partial charge in [0.25, 0.3) is 0 Å². The predicted molar refractivity (Wildman–Crippen MR) is 119 cm³/mol. The Labute approximate surface area is 196 Å². The van der Waals surface area contributed by atoms with Gasteiger partial charge in [0.05, 0.1) is 24.2 Å². The fraction of sp³-hybridized carbons (Fsp3) is 0.375. The summed E-state index contributed by atoms with van der Waals surface area (Å²) in [6.07, 6.45) is 4.84. The van der Waals surface area contributed by atoms with E-state index in [1.165, 1.54) is 0 Å². The largest absolute Gasteiger partial charge is 0.479 e. The standard InChI is InChI=1S/C24H26N2O8/c1-2-19(27)32-12-6-4-3-5-7-17-13-26-18(14-25-17)15-8-10-16(11-9-15)24-33-20(22(28)29)21(34-24)23(30)31/h2,8-11,13-14,20-21,24H,1,3-7,12H2,(H,28,29)(H,30,31). The van der Waals surface area contributed by atoms with Gasteiger partial charge in [-0.2, -0.15) is 0 Å². The van der Waals surface area contributed by atoms with E-state index in [-0.39, 0.29) is 0 Å². The molecular weight excluding hydrogens is 444 g/mol. The molecular formula is C24H26N2O8. The van der Waals surface area contributed by atoms with Gasteiger partial charge in [-0.1, -0.05) is 43.7 Å². The number of aliphatic carboxylic acids is 2. The highest BCUT2D eigenvalue weighted by Gasteiger charge is 2.46. The van der Waals surface area contributed by atoms with Crippen LogP contribution in [0.3, 0.4) is 0 Å². The Bertz CT molecular complexity index is 985. The molecule has 0 saturated carbocycles. The van der Waals surface area contributed by atoms with Crippen molar-refractivity contribution in [2.45, 2.75) is 50.6 Å². The van der Waals surface area contributed by atoms with Gasteiger partial charge in [0.1, 0.15) is 0 Å². The zero-order valence-electron chi connectivity index (χ0n) is 18.5. The van der Waals surface area contributed by atoms with Crippen LogP contribution in [0.1, 0.15) is 43.2 Å². The number of aryl methyl sites for hydroxylation is 1. The van der Waals surface area contributed by atoms with E-state index in [0.717, 1.165) is 49.4 Å². The summed E-state index contributed by atoms with van der Waals surface area (Å²) in [5.74, 6) is -3.18. The van der Waals surface area contributed by atoms with E-state index in [2.05, 4.69) is 16.5 Å². The van der Waals surface area contributed by atoms with Gasteiger partial charge in [0, 0.05) is 23.4 Å². The van der Waals surface area contributed by atoms with Crippen LogP contribution in [0.5, 0.6) is 0 Å². The molecule has 1 aliphatic heterocycles. The molecule has 1 saturated heterocycles. The van der Waals surface area contributed by atoms with Gasteiger partial charge < -0.3 is 24.4 Å². The highest BCUT2D eigenvalue weighted by molar-refractivity contribution is 5.84. The first kappa shape index (κ1) is 25.0. The van der Waals surface area contributed by atoms with E-state index in [0.29, 0.717) is 17.9 Å². The Kier molecular flexibility index (Phi) is 8.83. The number of hydrogen-bond donors (Lipinski definition) is 2. The minimum absolute atomic E-state index is 0.399. The smallest absolute Gasteiger partial charge is 0.336 e. The van der Waals surface area contributed by atoms with E-state index in [4.69, 9.17) is 24.4 Å². The second kappa shape index (κ2) is 12.0. The van der Waals surface area contributed by atoms with Gasteiger partial charge in [0.2, 0.25) is 0 Å². The number of esters is 1. The summed E-state index contributed by atoms with van der Waals surface area (Å²) in [5.41, 5.74) is 2.84. The Hall–Kier alpha value is -3.63. The topological polar surface area (TPSA) is 145 Å². The average Bonchev–Trinajstić information content (AvgIpc) is 3.30. The number of benzene rings is 1. The summed E-state index contributed by atoms with van der Waals surface area (Å²) < 4.78 is 15.5. The summed E-state index contributed by atoms with van der Waals surface area (Å²) in [4.78, 5) is 42.3. The number of unbranched alkanes of at least 4 members (excludes halogenated alkanes) is 3. The SMILES string of the molecule is C=CC(=O)OCCCCCCc1cnc(-c2ccc(C3OC(C(=O)O)C(C(=O)O)O3)cc2)cn1. The molecule has 1 fully saturated rings. The molecule has 10 heteroatoms. The highest BCUT2D eigenvalue weighted by Crippen LogP contribution is 2.32. The van der Waals surface area contributed by atoms with Crippen LogP contribution in [0.4, 0.5) is 0 Å². The first-order chi connectivity index (χ1) is 16.4. The van der Waals surface area contributed by atoms with E-state index >= 15 is 0 Å². The average molecular weight is 470 g/mol. The quantitative estimate of drug-likeness (QED) is 0.270. The third-order valence-electron chi connectivity index (χ3n) is 5.22. The number of carboxylic acid groups (broad SMARTS) is 2. The van der Waals surface area contributed by atoms with E-state index in [1.807, 2.05) is 0 Å². The zero-order chi connectivity index (χ0) is 24.5. The highest BCUT2D eigenvalue weighted by atomic mass is 16.7. The second-order valence-corrected chi connectivity index (χ2v) is 7.67. The summed E-state index contributed by atoms with van der Waals surface area (Å²) in [7, 11) is 0. The first-order valence-electron chi connectivity index (χ1n) is 10.9. The Morgan fingerprint density at radius 3 is 2.15 bits per heavy atom. The van der Waals surface area contributed by atoms with Crippen molar-refractivity contribution in [1.29, 1.82) is 0 Å². The van der Waals surface area contributed by atoms with Crippen LogP contribution in [-0.2, 0) is 35.0 Å². The zero-order valence-corrected chi connectivity index (χ0v) is 18.5. The van der Waals surface area contributed by atoms with E-state index < -0.39 is 36.4 Å². The Morgan fingerprint density at radius 1 is 0.941 bits per heavy atom. The molecule has 2 N–H and O–H groups in total. The number of rotatable bonds is 12. The summed E-state index contributed by atoms with van der Waals surface area (Å²) in [6.45, 7) is 3.75. The molecule has 0 radical (unpaired) electrons. The van der Waals surface area contributed by atoms with Crippen molar-refractivity contribution in [2.75, 3.05) is 6.61 Å². The lowest BCUT2D eigenvalue weighted by molar-refractivity contribution is -0.156. The molecule has 0 bridgehead atoms. The van der Waals surface area contributed by atoms with Gasteiger partial charge in [-0.15, -0.1) is 0 Å². The van der Waals surface area contributed by atoms with Crippen LogP contribution in [0, 0.1) is 0 Å². The van der Waals surface area contributed by atoms with Crippen molar-refractivity contribution in [3.8, 4) is 11.3 Å². The normalized spacial score (nSPS) is 19.5. The molecule has 2 atom stereocenters. The molecule has 2 unspecified atom stereocenters. The minimum Gasteiger partial charge on any atom is -0.479 e. The number of aromatic nitrogens is 2. The summed E-state index contributed by atoms with van der Waals surface area (Å²) in [5, 5.41) is 18.3. The van der Waals surface area contributed by atoms with Crippen molar-refractivity contribution in [1.82, 2.24) is 9.97 Å². The molecule has 2 aromatic rings. The second-order valence-electron chi connectivity index (χ2n) is 7.67. The molecule has 1 aromatic carbocycles. The monoisotopic (exact) mass is 470 g/mol. The molecule has 3 rings (SSSR count). The van der Waals surface area contributed by atoms with Gasteiger partial charge in [-0.05, 0) is 19.3 Å². The molecule has 0 amide bonds. The lowest BCUT2D eigenvalue weighted by atomic mass is 10.1. The Morgan fingerprint density at radius 2 is 1.59 bits per heavy atom. The molecule has 10 nitrogen and oxygen atoms in total. The number of hydrogen-bond acceptors (Lipinski definition) is 8. The van der Waals surface area contributed by atoms with Crippen molar-refractivity contribution in [2.24, 2.45) is 0 Å². The Balaban J connectivity index is 1.48. The van der Waals surface area contributed by atoms with Gasteiger partial charge in [-0.25, -0.2) is 14.4 Å². The maximum atomic E-state index is 11.2. The van der Waals surface area contributed by atoms with E-state index in [9.17, 15) is 14.4 Å². The fourth-order valence-corrected chi connectivity index (χ4v) is 3.41. The number of carbonyl (C=O) groups is 3. The number of carbonyl (C=O) groups excluding carboxylic acids is 1. The van der Waals surface area contributed by atoms with Gasteiger partial charge in [-0.3, -0.25) is 9.97 Å². The van der Waals surface area contributed by atoms with Crippen LogP contribution in [0.2, 0.25) is 0 Å². The predicted octanol–water partition coefficient (Wildman–Crippen LogP) is 2.93. The van der Waals surface area contributed by atoms with E-state index in [1.54, 1.807) is 36.7 Å². The van der Waals surface area contributed by atoms with Crippen LogP contribution in [-0.4, -0.2) is 56.9 Å². The van der Waals surface area contributed by atoms with Crippen LogP contribution < -0.4 is 0 Å². The number of ether oxygens (including phenoxy) is 3. The molecule has 2 heterocycles. The lowest BCUT2D eigenvalue weighted by Gasteiger charge is -2.10. The van der Waals surface area contributed by atoms with Crippen LogP contribution in [0.25, 0.3) is 11.3 Å². The molecule has 1 aliphatic rings. The van der Waals surface area contributed by atoms with Crippen molar-refractivity contribution in [3.05, 3.63) is 60.6 Å². The lowest BCUT2D eigenvalue weighted by Crippen LogP contribution is -2.36. The maximum Gasteiger partial charge on any atom is 0.336 e. The molecule has 34 heavy (non-hydrogen) atoms. The first-order valence-corrected chi connectivity index (χ1v) is 10.9. The van der Waals surface area contributed by atoms with Gasteiger partial charge >= 0.3 is 17.9 Å². The molecule has 0 aliphatic carbocycles. The summed E-state index contributed by atoms with van der Waals surface area (Å²) in [6, 6.07) is 6.86. The van der Waals surface area contributed by atoms with Crippen LogP contribution in [0.15, 0.2) is 49.3 Å². The fourth-order valence-electron chi connectivity index (χ4n) is 3.41. The third kappa shape index (κ3) is 6.69.